The van der Waals surface area contributed by atoms with E-state index in [9.17, 15) is 0 Å². The Kier molecular flexibility index (Phi) is 4.15. The maximum absolute atomic E-state index is 9.14. The number of nitrogens with zero attached hydrogens (tertiary/aromatic N) is 3. The van der Waals surface area contributed by atoms with E-state index in [4.69, 9.17) is 5.26 Å². The third-order valence-electron chi connectivity index (χ3n) is 2.42. The highest BCUT2D eigenvalue weighted by Gasteiger charge is 2.09. The van der Waals surface area contributed by atoms with Crippen molar-refractivity contribution in [2.45, 2.75) is 11.6 Å². The predicted molar refractivity (Wildman–Crippen MR) is 72.3 cm³/mol. The summed E-state index contributed by atoms with van der Waals surface area (Å²) in [4.78, 5) is 8.19. The van der Waals surface area contributed by atoms with E-state index >= 15 is 0 Å². The smallest absolute Gasteiger partial charge is 0.148 e. The first-order valence-electron chi connectivity index (χ1n) is 5.42. The Morgan fingerprint density at radius 3 is 2.72 bits per heavy atom. The molecule has 0 radical (unpaired) electrons. The van der Waals surface area contributed by atoms with Gasteiger partial charge in [-0.15, -0.1) is 11.8 Å². The summed E-state index contributed by atoms with van der Waals surface area (Å²) in [5.74, 6) is 0.584. The van der Waals surface area contributed by atoms with Crippen molar-refractivity contribution in [3.8, 4) is 6.07 Å². The van der Waals surface area contributed by atoms with Gasteiger partial charge >= 0.3 is 0 Å². The summed E-state index contributed by atoms with van der Waals surface area (Å²) in [6.45, 7) is 0.639. The van der Waals surface area contributed by atoms with Crippen molar-refractivity contribution in [1.29, 1.82) is 5.26 Å². The number of hydrogen-bond donors (Lipinski definition) is 1. The van der Waals surface area contributed by atoms with E-state index in [1.54, 1.807) is 0 Å². The SMILES string of the molecule is CSc1ncnc(NCc2ccccc2)c1C#N. The van der Waals surface area contributed by atoms with E-state index in [0.717, 1.165) is 5.56 Å². The first-order chi connectivity index (χ1) is 8.85. The zero-order chi connectivity index (χ0) is 12.8. The number of anilines is 1. The molecule has 0 atom stereocenters. The number of thioether (sulfide) groups is 1. The van der Waals surface area contributed by atoms with Crippen LogP contribution < -0.4 is 5.32 Å². The second-order valence-corrected chi connectivity index (χ2v) is 4.35. The van der Waals surface area contributed by atoms with Gasteiger partial charge in [0.05, 0.1) is 0 Å². The van der Waals surface area contributed by atoms with Crippen LogP contribution in [0, 0.1) is 11.3 Å². The summed E-state index contributed by atoms with van der Waals surface area (Å²) >= 11 is 1.44. The maximum Gasteiger partial charge on any atom is 0.148 e. The van der Waals surface area contributed by atoms with Crippen LogP contribution in [0.5, 0.6) is 0 Å². The van der Waals surface area contributed by atoms with Crippen molar-refractivity contribution in [3.05, 3.63) is 47.8 Å². The van der Waals surface area contributed by atoms with Crippen LogP contribution in [-0.4, -0.2) is 16.2 Å². The first kappa shape index (κ1) is 12.4. The second-order valence-electron chi connectivity index (χ2n) is 3.56. The molecule has 4 nitrogen and oxygen atoms in total. The molecule has 0 amide bonds. The topological polar surface area (TPSA) is 61.6 Å². The molecule has 90 valence electrons. The predicted octanol–water partition coefficient (Wildman–Crippen LogP) is 2.68. The Labute approximate surface area is 110 Å². The van der Waals surface area contributed by atoms with Crippen molar-refractivity contribution >= 4 is 17.6 Å². The van der Waals surface area contributed by atoms with Crippen LogP contribution >= 0.6 is 11.8 Å². The lowest BCUT2D eigenvalue weighted by atomic mass is 10.2. The Morgan fingerprint density at radius 2 is 2.06 bits per heavy atom. The van der Waals surface area contributed by atoms with Crippen LogP contribution in [0.25, 0.3) is 0 Å². The molecule has 0 aliphatic rings. The summed E-state index contributed by atoms with van der Waals surface area (Å²) in [5, 5.41) is 13.0. The van der Waals surface area contributed by atoms with E-state index in [2.05, 4.69) is 21.4 Å². The number of benzene rings is 1. The Bertz CT molecular complexity index is 563. The van der Waals surface area contributed by atoms with Gasteiger partial charge in [0.25, 0.3) is 0 Å². The summed E-state index contributed by atoms with van der Waals surface area (Å²) in [5.41, 5.74) is 1.65. The molecule has 0 spiro atoms. The zero-order valence-electron chi connectivity index (χ0n) is 9.92. The van der Waals surface area contributed by atoms with Crippen molar-refractivity contribution < 1.29 is 0 Å². The highest BCUT2D eigenvalue weighted by atomic mass is 32.2. The van der Waals surface area contributed by atoms with Crippen LogP contribution in [0.15, 0.2) is 41.7 Å². The minimum atomic E-state index is 0.501. The van der Waals surface area contributed by atoms with Gasteiger partial charge < -0.3 is 5.32 Å². The molecule has 5 heteroatoms. The van der Waals surface area contributed by atoms with Gasteiger partial charge in [0.15, 0.2) is 0 Å². The Balaban J connectivity index is 2.17. The van der Waals surface area contributed by atoms with E-state index in [1.165, 1.54) is 18.1 Å². The lowest BCUT2D eigenvalue weighted by molar-refractivity contribution is 1.00. The van der Waals surface area contributed by atoms with Gasteiger partial charge in [0, 0.05) is 6.54 Å². The lowest BCUT2D eigenvalue weighted by Gasteiger charge is -2.08. The fraction of sp³-hybridized carbons (Fsp3) is 0.154. The van der Waals surface area contributed by atoms with Crippen LogP contribution in [0.1, 0.15) is 11.1 Å². The van der Waals surface area contributed by atoms with Gasteiger partial charge in [-0.1, -0.05) is 30.3 Å². The maximum atomic E-state index is 9.14. The molecule has 0 saturated heterocycles. The number of hydrogen-bond acceptors (Lipinski definition) is 5. The lowest BCUT2D eigenvalue weighted by Crippen LogP contribution is -2.05. The Hall–Kier alpha value is -2.06. The molecule has 1 aromatic heterocycles. The second kappa shape index (κ2) is 6.03. The molecule has 18 heavy (non-hydrogen) atoms. The summed E-state index contributed by atoms with van der Waals surface area (Å²) in [7, 11) is 0. The van der Waals surface area contributed by atoms with Crippen LogP contribution in [0.2, 0.25) is 0 Å². The standard InChI is InChI=1S/C13H12N4S/c1-18-13-11(7-14)12(16-9-17-13)15-8-10-5-3-2-4-6-10/h2-6,9H,8H2,1H3,(H,15,16,17). The molecule has 0 saturated carbocycles. The number of aromatic nitrogens is 2. The van der Waals surface area contributed by atoms with Gasteiger partial charge in [-0.25, -0.2) is 9.97 Å². The number of nitriles is 1. The normalized spacial score (nSPS) is 9.78. The number of rotatable bonds is 4. The van der Waals surface area contributed by atoms with E-state index in [-0.39, 0.29) is 0 Å². The molecular weight excluding hydrogens is 244 g/mol. The minimum Gasteiger partial charge on any atom is -0.365 e. The van der Waals surface area contributed by atoms with Crippen molar-refractivity contribution in [2.24, 2.45) is 0 Å². The van der Waals surface area contributed by atoms with Gasteiger partial charge in [-0.2, -0.15) is 5.26 Å². The van der Waals surface area contributed by atoms with E-state index < -0.39 is 0 Å². The number of nitrogens with one attached hydrogen (secondary N) is 1. The third-order valence-corrected chi connectivity index (χ3v) is 3.12. The van der Waals surface area contributed by atoms with Gasteiger partial charge in [0.1, 0.15) is 28.8 Å². The van der Waals surface area contributed by atoms with Crippen LogP contribution in [0.4, 0.5) is 5.82 Å². The van der Waals surface area contributed by atoms with Gasteiger partial charge in [0.2, 0.25) is 0 Å². The summed E-state index contributed by atoms with van der Waals surface area (Å²) < 4.78 is 0. The molecule has 0 aliphatic carbocycles. The van der Waals surface area contributed by atoms with Crippen LogP contribution in [0.3, 0.4) is 0 Å². The summed E-state index contributed by atoms with van der Waals surface area (Å²) in [6, 6.07) is 12.1. The minimum absolute atomic E-state index is 0.501. The van der Waals surface area contributed by atoms with Crippen LogP contribution in [-0.2, 0) is 6.54 Å². The van der Waals surface area contributed by atoms with Crippen molar-refractivity contribution in [1.82, 2.24) is 9.97 Å². The molecule has 1 aromatic carbocycles. The monoisotopic (exact) mass is 256 g/mol. The zero-order valence-corrected chi connectivity index (χ0v) is 10.7. The molecule has 0 bridgehead atoms. The molecule has 2 aromatic rings. The molecule has 0 aliphatic heterocycles. The first-order valence-corrected chi connectivity index (χ1v) is 6.64. The molecule has 2 rings (SSSR count). The third kappa shape index (κ3) is 2.79. The quantitative estimate of drug-likeness (QED) is 0.673. The van der Waals surface area contributed by atoms with E-state index in [1.807, 2.05) is 36.6 Å². The average molecular weight is 256 g/mol. The summed E-state index contributed by atoms with van der Waals surface area (Å²) in [6.07, 6.45) is 3.37. The highest BCUT2D eigenvalue weighted by Crippen LogP contribution is 2.22. The van der Waals surface area contributed by atoms with Gasteiger partial charge in [-0.05, 0) is 11.8 Å². The van der Waals surface area contributed by atoms with Crippen molar-refractivity contribution in [2.75, 3.05) is 11.6 Å². The molecule has 1 N–H and O–H groups in total. The fourth-order valence-corrected chi connectivity index (χ4v) is 2.04. The Morgan fingerprint density at radius 1 is 1.28 bits per heavy atom. The molecule has 1 heterocycles. The molecule has 0 unspecified atom stereocenters. The average Bonchev–Trinajstić information content (AvgIpc) is 2.45. The highest BCUT2D eigenvalue weighted by molar-refractivity contribution is 7.98. The largest absolute Gasteiger partial charge is 0.365 e. The van der Waals surface area contributed by atoms with Gasteiger partial charge in [-0.3, -0.25) is 0 Å². The molecular formula is C13H12N4S. The van der Waals surface area contributed by atoms with E-state index in [0.29, 0.717) is 23.0 Å². The molecule has 0 fully saturated rings. The fourth-order valence-electron chi connectivity index (χ4n) is 1.54. The van der Waals surface area contributed by atoms with Crippen molar-refractivity contribution in [3.63, 3.8) is 0 Å².